The highest BCUT2D eigenvalue weighted by Gasteiger charge is 2.25. The van der Waals surface area contributed by atoms with Gasteiger partial charge in [-0.2, -0.15) is 0 Å². The number of carboxylic acid groups (broad SMARTS) is 1. The lowest BCUT2D eigenvalue weighted by atomic mass is 10.0. The van der Waals surface area contributed by atoms with Crippen molar-refractivity contribution in [3.05, 3.63) is 114 Å². The van der Waals surface area contributed by atoms with Crippen LogP contribution in [0.1, 0.15) is 22.3 Å². The van der Waals surface area contributed by atoms with Gasteiger partial charge in [-0.15, -0.1) is 5.53 Å². The molecule has 0 radical (unpaired) electrons. The van der Waals surface area contributed by atoms with Crippen molar-refractivity contribution in [1.82, 2.24) is 20.5 Å². The Kier molecular flexibility index (Phi) is 7.08. The minimum absolute atomic E-state index is 0.122. The van der Waals surface area contributed by atoms with E-state index < -0.39 is 5.97 Å². The number of carbonyl (C=O) groups excluding carboxylic acids is 1. The number of hydrogen-bond acceptors (Lipinski definition) is 6. The van der Waals surface area contributed by atoms with Crippen LogP contribution in [-0.4, -0.2) is 38.2 Å². The third-order valence-electron chi connectivity index (χ3n) is 7.34. The van der Waals surface area contributed by atoms with Gasteiger partial charge in [0.25, 0.3) is 0 Å². The lowest BCUT2D eigenvalue weighted by Gasteiger charge is -2.14. The summed E-state index contributed by atoms with van der Waals surface area (Å²) in [6.45, 7) is 0.386. The fourth-order valence-electron chi connectivity index (χ4n) is 5.27. The number of benzene rings is 4. The Morgan fingerprint density at radius 2 is 1.50 bits per heavy atom. The van der Waals surface area contributed by atoms with Gasteiger partial charge in [-0.3, -0.25) is 9.80 Å². The number of hydrazine groups is 2. The SMILES string of the molecule is Cn1c(-c2ccccc2)c(C2=CN(CCC(=O)Nc3ccc(-c4ccccc4)cc3)NN2)c2cc(C(=O)O)c(O)cc21. The maximum atomic E-state index is 12.7. The number of rotatable bonds is 8. The lowest BCUT2D eigenvalue weighted by Crippen LogP contribution is -2.37. The van der Waals surface area contributed by atoms with Crippen molar-refractivity contribution in [2.24, 2.45) is 7.05 Å². The van der Waals surface area contributed by atoms with Gasteiger partial charge < -0.3 is 25.5 Å². The average Bonchev–Trinajstić information content (AvgIpc) is 3.59. The Morgan fingerprint density at radius 1 is 0.857 bits per heavy atom. The third-order valence-corrected chi connectivity index (χ3v) is 7.34. The molecule has 0 aliphatic carbocycles. The number of aryl methyl sites for hydroxylation is 1. The smallest absolute Gasteiger partial charge is 0.339 e. The number of fused-ring (bicyclic) bond motifs is 1. The molecule has 6 rings (SSSR count). The van der Waals surface area contributed by atoms with Crippen LogP contribution >= 0.6 is 0 Å². The Hall–Kier alpha value is -5.54. The summed E-state index contributed by atoms with van der Waals surface area (Å²) >= 11 is 0. The number of aromatic hydroxyl groups is 1. The molecule has 0 bridgehead atoms. The molecule has 42 heavy (non-hydrogen) atoms. The molecular weight excluding hydrogens is 530 g/mol. The number of amides is 1. The van der Waals surface area contributed by atoms with Crippen molar-refractivity contribution in [1.29, 1.82) is 0 Å². The fraction of sp³-hybridized carbons (Fsp3) is 0.0909. The molecule has 1 aliphatic rings. The van der Waals surface area contributed by atoms with Crippen molar-refractivity contribution in [2.75, 3.05) is 11.9 Å². The van der Waals surface area contributed by atoms with E-state index >= 15 is 0 Å². The molecule has 1 aromatic heterocycles. The van der Waals surface area contributed by atoms with Crippen molar-refractivity contribution in [3.8, 4) is 28.1 Å². The zero-order valence-corrected chi connectivity index (χ0v) is 22.8. The molecule has 5 N–H and O–H groups in total. The molecule has 0 spiro atoms. The summed E-state index contributed by atoms with van der Waals surface area (Å²) in [7, 11) is 1.88. The number of aromatic carboxylic acids is 1. The predicted octanol–water partition coefficient (Wildman–Crippen LogP) is 5.57. The van der Waals surface area contributed by atoms with Crippen LogP contribution in [0.4, 0.5) is 5.69 Å². The monoisotopic (exact) mass is 559 g/mol. The van der Waals surface area contributed by atoms with E-state index in [-0.39, 0.29) is 23.6 Å². The molecule has 0 fully saturated rings. The average molecular weight is 560 g/mol. The van der Waals surface area contributed by atoms with Crippen molar-refractivity contribution in [2.45, 2.75) is 6.42 Å². The van der Waals surface area contributed by atoms with Crippen LogP contribution in [0.2, 0.25) is 0 Å². The van der Waals surface area contributed by atoms with Gasteiger partial charge in [0.1, 0.15) is 11.3 Å². The van der Waals surface area contributed by atoms with Gasteiger partial charge in [0.15, 0.2) is 0 Å². The number of nitrogens with one attached hydrogen (secondary N) is 3. The standard InChI is InChI=1S/C33H29N5O4/c1-37-28-19-29(39)26(33(41)42)18-25(28)31(32(37)23-10-6-3-7-11-23)27-20-38(36-35-27)17-16-30(40)34-24-14-12-22(13-15-24)21-8-4-2-5-9-21/h2-15,18-20,35-36,39H,16-17H2,1H3,(H,34,40)(H,41,42). The second-order valence-corrected chi connectivity index (χ2v) is 10.1. The quantitative estimate of drug-likeness (QED) is 0.169. The predicted molar refractivity (Wildman–Crippen MR) is 163 cm³/mol. The van der Waals surface area contributed by atoms with Gasteiger partial charge in [-0.1, -0.05) is 72.8 Å². The molecule has 9 heteroatoms. The molecule has 1 aliphatic heterocycles. The molecule has 9 nitrogen and oxygen atoms in total. The summed E-state index contributed by atoms with van der Waals surface area (Å²) in [4.78, 5) is 24.6. The molecule has 1 amide bonds. The second kappa shape index (κ2) is 11.1. The highest BCUT2D eigenvalue weighted by Crippen LogP contribution is 2.39. The van der Waals surface area contributed by atoms with Gasteiger partial charge in [-0.05, 0) is 34.9 Å². The number of aromatic nitrogens is 1. The van der Waals surface area contributed by atoms with Gasteiger partial charge in [0, 0.05) is 48.9 Å². The van der Waals surface area contributed by atoms with Crippen molar-refractivity contribution < 1.29 is 19.8 Å². The zero-order chi connectivity index (χ0) is 29.2. The number of phenols is 1. The van der Waals surface area contributed by atoms with E-state index in [9.17, 15) is 19.8 Å². The molecule has 2 heterocycles. The third kappa shape index (κ3) is 5.16. The van der Waals surface area contributed by atoms with Crippen LogP contribution in [0, 0.1) is 0 Å². The van der Waals surface area contributed by atoms with Gasteiger partial charge >= 0.3 is 5.97 Å². The van der Waals surface area contributed by atoms with E-state index in [2.05, 4.69) is 16.3 Å². The van der Waals surface area contributed by atoms with Crippen LogP contribution in [0.3, 0.4) is 0 Å². The number of nitrogens with zero attached hydrogens (tertiary/aromatic N) is 2. The fourth-order valence-corrected chi connectivity index (χ4v) is 5.27. The van der Waals surface area contributed by atoms with Gasteiger partial charge in [-0.25, -0.2) is 4.79 Å². The highest BCUT2D eigenvalue weighted by atomic mass is 16.4. The first-order chi connectivity index (χ1) is 20.4. The number of anilines is 1. The first-order valence-electron chi connectivity index (χ1n) is 13.5. The molecule has 0 saturated heterocycles. The summed E-state index contributed by atoms with van der Waals surface area (Å²) in [6.07, 6.45) is 2.09. The topological polar surface area (TPSA) is 119 Å². The van der Waals surface area contributed by atoms with E-state index in [4.69, 9.17) is 0 Å². The first kappa shape index (κ1) is 26.7. The van der Waals surface area contributed by atoms with Crippen LogP contribution in [0.5, 0.6) is 5.75 Å². The van der Waals surface area contributed by atoms with E-state index in [1.54, 1.807) is 5.01 Å². The molecule has 0 atom stereocenters. The first-order valence-corrected chi connectivity index (χ1v) is 13.5. The molecule has 0 saturated carbocycles. The number of hydrogen-bond donors (Lipinski definition) is 5. The van der Waals surface area contributed by atoms with Crippen molar-refractivity contribution in [3.63, 3.8) is 0 Å². The van der Waals surface area contributed by atoms with Gasteiger partial charge in [0.2, 0.25) is 5.91 Å². The van der Waals surface area contributed by atoms with Gasteiger partial charge in [0.05, 0.1) is 16.9 Å². The zero-order valence-electron chi connectivity index (χ0n) is 22.8. The summed E-state index contributed by atoms with van der Waals surface area (Å²) in [5.74, 6) is -1.63. The van der Waals surface area contributed by atoms with E-state index in [0.29, 0.717) is 23.1 Å². The van der Waals surface area contributed by atoms with Crippen molar-refractivity contribution >= 4 is 34.2 Å². The van der Waals surface area contributed by atoms with Crippen LogP contribution < -0.4 is 16.3 Å². The Bertz CT molecular complexity index is 1810. The van der Waals surface area contributed by atoms with E-state index in [0.717, 1.165) is 33.6 Å². The summed E-state index contributed by atoms with van der Waals surface area (Å²) in [6, 6.07) is 30.5. The maximum Gasteiger partial charge on any atom is 0.339 e. The molecule has 4 aromatic carbocycles. The largest absolute Gasteiger partial charge is 0.507 e. The molecule has 5 aromatic rings. The number of carbonyl (C=O) groups is 2. The Labute approximate surface area is 242 Å². The lowest BCUT2D eigenvalue weighted by molar-refractivity contribution is -0.116. The summed E-state index contributed by atoms with van der Waals surface area (Å²) < 4.78 is 1.94. The van der Waals surface area contributed by atoms with E-state index in [1.807, 2.05) is 103 Å². The normalized spacial score (nSPS) is 12.7. The van der Waals surface area contributed by atoms with Crippen LogP contribution in [0.25, 0.3) is 39.0 Å². The second-order valence-electron chi connectivity index (χ2n) is 10.1. The van der Waals surface area contributed by atoms with Crippen LogP contribution in [0.15, 0.2) is 103 Å². The molecular formula is C33H29N5O4. The maximum absolute atomic E-state index is 12.7. The summed E-state index contributed by atoms with van der Waals surface area (Å²) in [5, 5.41) is 25.4. The minimum atomic E-state index is -1.21. The Morgan fingerprint density at radius 3 is 2.17 bits per heavy atom. The molecule has 0 unspecified atom stereocenters. The summed E-state index contributed by atoms with van der Waals surface area (Å²) in [5.41, 5.74) is 13.0. The number of carboxylic acids is 1. The highest BCUT2D eigenvalue weighted by molar-refractivity contribution is 6.05. The van der Waals surface area contributed by atoms with Crippen LogP contribution in [-0.2, 0) is 11.8 Å². The Balaban J connectivity index is 1.22. The molecule has 210 valence electrons. The minimum Gasteiger partial charge on any atom is -0.507 e. The van der Waals surface area contributed by atoms with E-state index in [1.165, 1.54) is 12.1 Å².